The molecule has 2 heterocycles. The molecule has 1 saturated heterocycles. The molecule has 0 spiro atoms. The first-order valence-electron chi connectivity index (χ1n) is 6.21. The molecule has 2 bridgehead atoms. The molecular weight excluding hydrogens is 230 g/mol. The minimum atomic E-state index is 0.721. The molecule has 1 aromatic carbocycles. The van der Waals surface area contributed by atoms with E-state index in [4.69, 9.17) is 5.73 Å². The molecular formula is C13H15N3S. The molecule has 0 radical (unpaired) electrons. The van der Waals surface area contributed by atoms with Gasteiger partial charge >= 0.3 is 0 Å². The topological polar surface area (TPSA) is 42.1 Å². The van der Waals surface area contributed by atoms with Gasteiger partial charge in [-0.2, -0.15) is 0 Å². The van der Waals surface area contributed by atoms with Gasteiger partial charge in [-0.15, -0.1) is 11.3 Å². The number of rotatable bonds is 1. The molecule has 2 aliphatic rings. The highest BCUT2D eigenvalue weighted by molar-refractivity contribution is 7.16. The van der Waals surface area contributed by atoms with Crippen molar-refractivity contribution in [2.24, 2.45) is 5.92 Å². The summed E-state index contributed by atoms with van der Waals surface area (Å²) >= 11 is 1.66. The number of fused-ring (bicyclic) bond motifs is 3. The van der Waals surface area contributed by atoms with Crippen LogP contribution in [0.25, 0.3) is 10.2 Å². The van der Waals surface area contributed by atoms with E-state index < -0.39 is 0 Å². The highest BCUT2D eigenvalue weighted by Crippen LogP contribution is 2.43. The summed E-state index contributed by atoms with van der Waals surface area (Å²) in [7, 11) is 0. The molecule has 4 rings (SSSR count). The van der Waals surface area contributed by atoms with Crippen molar-refractivity contribution >= 4 is 32.9 Å². The second kappa shape index (κ2) is 3.35. The lowest BCUT2D eigenvalue weighted by Gasteiger charge is -2.30. The minimum Gasteiger partial charge on any atom is -0.395 e. The Balaban J connectivity index is 1.83. The van der Waals surface area contributed by atoms with E-state index in [1.54, 1.807) is 11.3 Å². The smallest absolute Gasteiger partial charge is 0.106 e. The Morgan fingerprint density at radius 3 is 3.06 bits per heavy atom. The van der Waals surface area contributed by atoms with Gasteiger partial charge in [0.1, 0.15) is 5.52 Å². The van der Waals surface area contributed by atoms with Crippen LogP contribution in [-0.4, -0.2) is 17.6 Å². The van der Waals surface area contributed by atoms with Crippen LogP contribution >= 0.6 is 11.3 Å². The second-order valence-corrected chi connectivity index (χ2v) is 6.07. The Labute approximate surface area is 104 Å². The third-order valence-corrected chi connectivity index (χ3v) is 5.03. The maximum Gasteiger partial charge on any atom is 0.106 e. The third-order valence-electron chi connectivity index (χ3n) is 4.24. The van der Waals surface area contributed by atoms with Crippen molar-refractivity contribution in [1.29, 1.82) is 0 Å². The fourth-order valence-electron chi connectivity index (χ4n) is 3.41. The van der Waals surface area contributed by atoms with Crippen LogP contribution in [0.4, 0.5) is 11.4 Å². The van der Waals surface area contributed by atoms with Crippen molar-refractivity contribution in [2.45, 2.75) is 25.3 Å². The van der Waals surface area contributed by atoms with Gasteiger partial charge in [0.2, 0.25) is 0 Å². The van der Waals surface area contributed by atoms with E-state index in [1.807, 2.05) is 5.51 Å². The molecule has 1 saturated carbocycles. The summed E-state index contributed by atoms with van der Waals surface area (Å²) in [5.74, 6) is 0.894. The molecule has 2 atom stereocenters. The van der Waals surface area contributed by atoms with Crippen molar-refractivity contribution in [3.05, 3.63) is 17.6 Å². The average Bonchev–Trinajstić information content (AvgIpc) is 3.05. The van der Waals surface area contributed by atoms with Crippen molar-refractivity contribution in [3.8, 4) is 0 Å². The Hall–Kier alpha value is -1.29. The molecule has 2 N–H and O–H groups in total. The summed E-state index contributed by atoms with van der Waals surface area (Å²) in [6, 6.07) is 5.06. The molecule has 3 nitrogen and oxygen atoms in total. The lowest BCUT2D eigenvalue weighted by Crippen LogP contribution is -2.32. The van der Waals surface area contributed by atoms with Crippen molar-refractivity contribution in [3.63, 3.8) is 0 Å². The normalized spacial score (nSPS) is 27.2. The zero-order valence-electron chi connectivity index (χ0n) is 9.60. The van der Waals surface area contributed by atoms with E-state index in [1.165, 1.54) is 36.2 Å². The van der Waals surface area contributed by atoms with Gasteiger partial charge in [0.25, 0.3) is 0 Å². The lowest BCUT2D eigenvalue weighted by molar-refractivity contribution is 0.554. The van der Waals surface area contributed by atoms with Gasteiger partial charge in [0.05, 0.1) is 21.6 Å². The van der Waals surface area contributed by atoms with Crippen molar-refractivity contribution < 1.29 is 0 Å². The monoisotopic (exact) mass is 245 g/mol. The van der Waals surface area contributed by atoms with E-state index in [0.29, 0.717) is 0 Å². The predicted molar refractivity (Wildman–Crippen MR) is 72.5 cm³/mol. The molecule has 1 aliphatic heterocycles. The number of aromatic nitrogens is 1. The summed E-state index contributed by atoms with van der Waals surface area (Å²) in [5.41, 5.74) is 11.2. The Kier molecular flexibility index (Phi) is 1.92. The van der Waals surface area contributed by atoms with Gasteiger partial charge in [0, 0.05) is 12.6 Å². The second-order valence-electron chi connectivity index (χ2n) is 5.18. The Morgan fingerprint density at radius 1 is 1.35 bits per heavy atom. The van der Waals surface area contributed by atoms with E-state index in [-0.39, 0.29) is 0 Å². The van der Waals surface area contributed by atoms with Crippen LogP contribution in [0, 0.1) is 5.92 Å². The Bertz CT molecular complexity index is 577. The van der Waals surface area contributed by atoms with E-state index in [9.17, 15) is 0 Å². The number of hydrogen-bond donors (Lipinski definition) is 1. The highest BCUT2D eigenvalue weighted by atomic mass is 32.1. The molecule has 4 heteroatoms. The summed E-state index contributed by atoms with van der Waals surface area (Å²) in [4.78, 5) is 6.88. The quantitative estimate of drug-likeness (QED) is 0.786. The molecule has 1 aromatic heterocycles. The minimum absolute atomic E-state index is 0.721. The summed E-state index contributed by atoms with van der Waals surface area (Å²) in [6.07, 6.45) is 4.09. The van der Waals surface area contributed by atoms with Gasteiger partial charge < -0.3 is 10.6 Å². The van der Waals surface area contributed by atoms with Crippen LogP contribution in [0.3, 0.4) is 0 Å². The van der Waals surface area contributed by atoms with Crippen molar-refractivity contribution in [1.82, 2.24) is 4.98 Å². The maximum absolute atomic E-state index is 6.28. The van der Waals surface area contributed by atoms with Gasteiger partial charge in [-0.05, 0) is 37.3 Å². The SMILES string of the molecule is Nc1c(N2CC3CCC2C3)ccc2scnc12. The first-order chi connectivity index (χ1) is 8.33. The van der Waals surface area contributed by atoms with Crippen LogP contribution in [-0.2, 0) is 0 Å². The van der Waals surface area contributed by atoms with Gasteiger partial charge in [-0.1, -0.05) is 0 Å². The first-order valence-corrected chi connectivity index (χ1v) is 7.09. The van der Waals surface area contributed by atoms with E-state index in [2.05, 4.69) is 22.0 Å². The van der Waals surface area contributed by atoms with Crippen LogP contribution < -0.4 is 10.6 Å². The van der Waals surface area contributed by atoms with E-state index in [0.717, 1.165) is 23.2 Å². The number of anilines is 2. The lowest BCUT2D eigenvalue weighted by atomic mass is 10.1. The third kappa shape index (κ3) is 1.30. The van der Waals surface area contributed by atoms with Gasteiger partial charge in [-0.25, -0.2) is 4.98 Å². The molecule has 2 fully saturated rings. The number of thiazole rings is 1. The molecule has 2 unspecified atom stereocenters. The number of nitrogens with two attached hydrogens (primary N) is 1. The number of piperidine rings is 1. The van der Waals surface area contributed by atoms with Crippen LogP contribution in [0.5, 0.6) is 0 Å². The average molecular weight is 245 g/mol. The molecule has 0 amide bonds. The molecule has 2 aromatic rings. The number of hydrogen-bond acceptors (Lipinski definition) is 4. The Morgan fingerprint density at radius 2 is 2.29 bits per heavy atom. The standard InChI is InChI=1S/C13H15N3S/c14-12-10(3-4-11-13(12)15-7-17-11)16-6-8-1-2-9(16)5-8/h3-4,7-9H,1-2,5-6,14H2. The summed E-state index contributed by atoms with van der Waals surface area (Å²) < 4.78 is 1.19. The zero-order valence-corrected chi connectivity index (χ0v) is 10.4. The van der Waals surface area contributed by atoms with Crippen LogP contribution in [0.2, 0.25) is 0 Å². The fourth-order valence-corrected chi connectivity index (χ4v) is 4.10. The molecule has 88 valence electrons. The van der Waals surface area contributed by atoms with Crippen molar-refractivity contribution in [2.75, 3.05) is 17.2 Å². The zero-order chi connectivity index (χ0) is 11.4. The highest BCUT2D eigenvalue weighted by Gasteiger charge is 2.38. The van der Waals surface area contributed by atoms with E-state index >= 15 is 0 Å². The maximum atomic E-state index is 6.28. The van der Waals surface area contributed by atoms with Crippen LogP contribution in [0.1, 0.15) is 19.3 Å². The predicted octanol–water partition coefficient (Wildman–Crippen LogP) is 2.87. The fraction of sp³-hybridized carbons (Fsp3) is 0.462. The largest absolute Gasteiger partial charge is 0.395 e. The van der Waals surface area contributed by atoms with Crippen LogP contribution in [0.15, 0.2) is 17.6 Å². The van der Waals surface area contributed by atoms with Gasteiger partial charge in [0.15, 0.2) is 0 Å². The summed E-state index contributed by atoms with van der Waals surface area (Å²) in [5, 5.41) is 0. The summed E-state index contributed by atoms with van der Waals surface area (Å²) in [6.45, 7) is 1.19. The molecule has 1 aliphatic carbocycles. The first kappa shape index (κ1) is 9.71. The number of benzene rings is 1. The number of nitrogens with zero attached hydrogens (tertiary/aromatic N) is 2. The molecule has 17 heavy (non-hydrogen) atoms. The van der Waals surface area contributed by atoms with Gasteiger partial charge in [-0.3, -0.25) is 0 Å². The number of nitrogen functional groups attached to an aromatic ring is 1.